The highest BCUT2D eigenvalue weighted by molar-refractivity contribution is 5.86. The van der Waals surface area contributed by atoms with Crippen molar-refractivity contribution in [2.75, 3.05) is 13.7 Å². The minimum absolute atomic E-state index is 0.0591. The minimum atomic E-state index is -1.31. The molecule has 198 valence electrons. The van der Waals surface area contributed by atoms with E-state index in [0.29, 0.717) is 12.3 Å². The van der Waals surface area contributed by atoms with Crippen molar-refractivity contribution >= 4 is 12.3 Å². The van der Waals surface area contributed by atoms with E-state index in [4.69, 9.17) is 14.2 Å². The summed E-state index contributed by atoms with van der Waals surface area (Å²) in [5.41, 5.74) is -2.82. The third kappa shape index (κ3) is 2.98. The Morgan fingerprint density at radius 3 is 2.49 bits per heavy atom. The van der Waals surface area contributed by atoms with Gasteiger partial charge in [-0.05, 0) is 68.1 Å². The van der Waals surface area contributed by atoms with Gasteiger partial charge >= 0.3 is 5.97 Å². The number of aliphatic carboxylic acids is 1. The highest BCUT2D eigenvalue weighted by atomic mass is 16.7. The van der Waals surface area contributed by atoms with Crippen molar-refractivity contribution < 1.29 is 39.1 Å². The third-order valence-corrected chi connectivity index (χ3v) is 11.3. The second-order valence-corrected chi connectivity index (χ2v) is 12.6. The fraction of sp³-hybridized carbons (Fsp3) is 0.926. The van der Waals surface area contributed by atoms with Gasteiger partial charge in [-0.3, -0.25) is 4.79 Å². The number of carboxylic acid groups (broad SMARTS) is 1. The summed E-state index contributed by atoms with van der Waals surface area (Å²) >= 11 is 0. The molecule has 4 aliphatic carbocycles. The first kappa shape index (κ1) is 25.6. The maximum absolute atomic E-state index is 13.5. The molecule has 8 heteroatoms. The lowest BCUT2D eigenvalue weighted by Crippen LogP contribution is -2.65. The number of hydrogen-bond acceptors (Lipinski definition) is 7. The fourth-order valence-corrected chi connectivity index (χ4v) is 10.1. The smallest absolute Gasteiger partial charge is 0.311 e. The molecule has 5 aliphatic rings. The van der Waals surface area contributed by atoms with Gasteiger partial charge in [0, 0.05) is 17.9 Å². The van der Waals surface area contributed by atoms with Crippen LogP contribution in [0.2, 0.25) is 0 Å². The Morgan fingerprint density at radius 1 is 1.17 bits per heavy atom. The van der Waals surface area contributed by atoms with Crippen molar-refractivity contribution in [3.05, 3.63) is 0 Å². The molecular formula is C27H42O8. The number of carbonyl (C=O) groups excluding carboxylic acids is 1. The molecule has 0 spiro atoms. The van der Waals surface area contributed by atoms with E-state index in [-0.39, 0.29) is 36.2 Å². The summed E-state index contributed by atoms with van der Waals surface area (Å²) in [6.45, 7) is 8.23. The lowest BCUT2D eigenvalue weighted by molar-refractivity contribution is -0.308. The van der Waals surface area contributed by atoms with Crippen LogP contribution in [0.5, 0.6) is 0 Å². The van der Waals surface area contributed by atoms with Crippen LogP contribution in [-0.4, -0.2) is 72.0 Å². The van der Waals surface area contributed by atoms with Crippen molar-refractivity contribution in [2.45, 2.75) is 90.5 Å². The first-order valence-corrected chi connectivity index (χ1v) is 13.4. The van der Waals surface area contributed by atoms with Gasteiger partial charge in [0.1, 0.15) is 24.6 Å². The predicted molar refractivity (Wildman–Crippen MR) is 125 cm³/mol. The Hall–Kier alpha value is -1.06. The van der Waals surface area contributed by atoms with Gasteiger partial charge in [0.05, 0.1) is 18.1 Å². The van der Waals surface area contributed by atoms with Gasteiger partial charge in [-0.2, -0.15) is 0 Å². The number of carbonyl (C=O) groups is 2. The largest absolute Gasteiger partial charge is 0.481 e. The Morgan fingerprint density at radius 2 is 1.89 bits per heavy atom. The number of aliphatic hydroxyl groups is 2. The van der Waals surface area contributed by atoms with Crippen LogP contribution >= 0.6 is 0 Å². The molecule has 4 bridgehead atoms. The topological polar surface area (TPSA) is 123 Å². The number of carboxylic acids is 1. The van der Waals surface area contributed by atoms with Crippen molar-refractivity contribution in [1.29, 1.82) is 0 Å². The summed E-state index contributed by atoms with van der Waals surface area (Å²) < 4.78 is 17.5. The van der Waals surface area contributed by atoms with Crippen LogP contribution in [0, 0.1) is 51.8 Å². The zero-order valence-corrected chi connectivity index (χ0v) is 21.6. The fourth-order valence-electron chi connectivity index (χ4n) is 10.1. The maximum Gasteiger partial charge on any atom is 0.311 e. The molecule has 1 heterocycles. The van der Waals surface area contributed by atoms with Crippen molar-refractivity contribution in [3.63, 3.8) is 0 Å². The molecule has 0 radical (unpaired) electrons. The van der Waals surface area contributed by atoms with E-state index in [9.17, 15) is 24.9 Å². The Bertz CT molecular complexity index is 862. The number of hydrogen-bond donors (Lipinski definition) is 3. The molecule has 13 atom stereocenters. The molecule has 0 amide bonds. The summed E-state index contributed by atoms with van der Waals surface area (Å²) in [5.74, 6) is -0.0130. The number of ether oxygens (including phenoxy) is 3. The van der Waals surface area contributed by atoms with E-state index < -0.39 is 52.9 Å². The summed E-state index contributed by atoms with van der Waals surface area (Å²) in [6.07, 6.45) is 0.273. The zero-order valence-electron chi connectivity index (χ0n) is 21.6. The molecular weight excluding hydrogens is 452 g/mol. The number of aliphatic hydroxyl groups excluding tert-OH is 2. The molecule has 4 saturated carbocycles. The van der Waals surface area contributed by atoms with Gasteiger partial charge in [-0.1, -0.05) is 27.2 Å². The van der Waals surface area contributed by atoms with E-state index in [1.165, 1.54) is 7.11 Å². The van der Waals surface area contributed by atoms with Crippen molar-refractivity contribution in [1.82, 2.24) is 0 Å². The Balaban J connectivity index is 1.56. The number of aldehydes is 1. The monoisotopic (exact) mass is 494 g/mol. The summed E-state index contributed by atoms with van der Waals surface area (Å²) in [6, 6.07) is 0. The highest BCUT2D eigenvalue weighted by Crippen LogP contribution is 2.84. The molecule has 0 aromatic rings. The summed E-state index contributed by atoms with van der Waals surface area (Å²) in [4.78, 5) is 26.6. The average molecular weight is 495 g/mol. The van der Waals surface area contributed by atoms with E-state index in [1.54, 1.807) is 6.92 Å². The van der Waals surface area contributed by atoms with Gasteiger partial charge in [0.25, 0.3) is 0 Å². The van der Waals surface area contributed by atoms with E-state index >= 15 is 0 Å². The maximum atomic E-state index is 13.5. The quantitative estimate of drug-likeness (QED) is 0.462. The first-order valence-electron chi connectivity index (χ1n) is 13.4. The van der Waals surface area contributed by atoms with Crippen LogP contribution in [-0.2, 0) is 23.8 Å². The zero-order chi connectivity index (χ0) is 25.5. The van der Waals surface area contributed by atoms with E-state index in [1.807, 2.05) is 0 Å². The van der Waals surface area contributed by atoms with Crippen molar-refractivity contribution in [2.24, 2.45) is 51.8 Å². The van der Waals surface area contributed by atoms with Gasteiger partial charge in [-0.25, -0.2) is 0 Å². The molecule has 3 N–H and O–H groups in total. The van der Waals surface area contributed by atoms with E-state index in [0.717, 1.165) is 32.0 Å². The Labute approximate surface area is 207 Å². The SMILES string of the molecule is CO[C@H]1[C@@H](O)[C@H](O)[C@H](OC[C@@]23C[C@@H]4[C@H](C)CC[C@H]4[C@@]4(C=O)C[C@@H]2C[C@@H](C(C)C)[C@@]34C(=O)O)O[C@@H]1C. The minimum Gasteiger partial charge on any atom is -0.481 e. The summed E-state index contributed by atoms with van der Waals surface area (Å²) in [7, 11) is 1.46. The van der Waals surface area contributed by atoms with Crippen molar-refractivity contribution in [3.8, 4) is 0 Å². The first-order chi connectivity index (χ1) is 16.5. The van der Waals surface area contributed by atoms with Gasteiger partial charge in [0.2, 0.25) is 0 Å². The van der Waals surface area contributed by atoms with Crippen LogP contribution in [0.3, 0.4) is 0 Å². The van der Waals surface area contributed by atoms with Gasteiger partial charge in [0.15, 0.2) is 6.29 Å². The molecule has 1 aliphatic heterocycles. The van der Waals surface area contributed by atoms with Crippen LogP contribution in [0.15, 0.2) is 0 Å². The second-order valence-electron chi connectivity index (χ2n) is 12.6. The molecule has 0 aromatic carbocycles. The van der Waals surface area contributed by atoms with Crippen LogP contribution in [0.1, 0.15) is 59.8 Å². The second kappa shape index (κ2) is 8.48. The van der Waals surface area contributed by atoms with E-state index in [2.05, 4.69) is 20.8 Å². The molecule has 1 saturated heterocycles. The molecule has 0 aromatic heterocycles. The van der Waals surface area contributed by atoms with Gasteiger partial charge in [-0.15, -0.1) is 0 Å². The van der Waals surface area contributed by atoms with Crippen LogP contribution < -0.4 is 0 Å². The molecule has 5 fully saturated rings. The lowest BCUT2D eigenvalue weighted by Gasteiger charge is -2.59. The predicted octanol–water partition coefficient (Wildman–Crippen LogP) is 2.49. The number of methoxy groups -OCH3 is 1. The highest BCUT2D eigenvalue weighted by Gasteiger charge is 2.86. The average Bonchev–Trinajstić information content (AvgIpc) is 3.38. The molecule has 0 unspecified atom stereocenters. The lowest BCUT2D eigenvalue weighted by atomic mass is 9.42. The Kier molecular flexibility index (Phi) is 6.20. The summed E-state index contributed by atoms with van der Waals surface area (Å²) in [5, 5.41) is 32.4. The molecule has 8 nitrogen and oxygen atoms in total. The third-order valence-electron chi connectivity index (χ3n) is 11.3. The number of fused-ring (bicyclic) bond motifs is 2. The number of rotatable bonds is 7. The van der Waals surface area contributed by atoms with Gasteiger partial charge < -0.3 is 34.3 Å². The molecule has 35 heavy (non-hydrogen) atoms. The van der Waals surface area contributed by atoms with Crippen LogP contribution in [0.4, 0.5) is 0 Å². The standard InChI is InChI=1S/C27H42O8/c1-13(2)19-8-16-9-25(11-28)18-7-6-14(3)17(18)10-26(16,27(19,25)24(31)32)12-34-23-21(30)20(29)22(33-5)15(4)35-23/h11,13-23,29-30H,6-10,12H2,1-5H3,(H,31,32)/t14-,15-,16+,17-,18-,19+,20+,21+,22-,23-,25+,26+,27+/m1/s1. The van der Waals surface area contributed by atoms with Crippen LogP contribution in [0.25, 0.3) is 0 Å². The normalized spacial score (nSPS) is 54.7. The molecule has 5 rings (SSSR count).